The molecule has 1 unspecified atom stereocenters. The van der Waals surface area contributed by atoms with E-state index in [2.05, 4.69) is 10.6 Å². The molecule has 2 amide bonds. The fourth-order valence-electron chi connectivity index (χ4n) is 2.54. The van der Waals surface area contributed by atoms with Crippen LogP contribution >= 0.6 is 23.4 Å². The second-order valence-corrected chi connectivity index (χ2v) is 6.89. The fourth-order valence-corrected chi connectivity index (χ4v) is 3.53. The first-order valence-corrected chi connectivity index (χ1v) is 9.34. The Morgan fingerprint density at radius 3 is 2.73 bits per heavy atom. The van der Waals surface area contributed by atoms with Crippen molar-refractivity contribution in [1.82, 2.24) is 10.6 Å². The fraction of sp³-hybridized carbons (Fsp3) is 0.222. The number of rotatable bonds is 6. The molecule has 6 nitrogen and oxygen atoms in total. The third-order valence-corrected chi connectivity index (χ3v) is 4.96. The van der Waals surface area contributed by atoms with Crippen LogP contribution in [0.1, 0.15) is 18.7 Å². The van der Waals surface area contributed by atoms with Crippen molar-refractivity contribution in [2.45, 2.75) is 17.9 Å². The number of esters is 1. The Labute approximate surface area is 159 Å². The van der Waals surface area contributed by atoms with Crippen LogP contribution < -0.4 is 10.6 Å². The van der Waals surface area contributed by atoms with E-state index in [9.17, 15) is 9.59 Å². The number of halogens is 1. The van der Waals surface area contributed by atoms with Gasteiger partial charge in [-0.1, -0.05) is 11.6 Å². The van der Waals surface area contributed by atoms with Crippen LogP contribution in [0.3, 0.4) is 0 Å². The molecular weight excluding hydrogens is 376 g/mol. The molecule has 1 aliphatic rings. The zero-order valence-corrected chi connectivity index (χ0v) is 15.5. The molecule has 2 heterocycles. The number of amides is 2. The summed E-state index contributed by atoms with van der Waals surface area (Å²) in [6.45, 7) is 1.97. The molecule has 1 aliphatic heterocycles. The Hall–Kier alpha value is -2.38. The van der Waals surface area contributed by atoms with Gasteiger partial charge in [0.05, 0.1) is 18.4 Å². The smallest absolute Gasteiger partial charge is 0.338 e. The van der Waals surface area contributed by atoms with Gasteiger partial charge in [-0.2, -0.15) is 0 Å². The van der Waals surface area contributed by atoms with E-state index in [0.717, 1.165) is 4.90 Å². The van der Waals surface area contributed by atoms with Crippen molar-refractivity contribution in [2.24, 2.45) is 0 Å². The molecule has 0 fully saturated rings. The summed E-state index contributed by atoms with van der Waals surface area (Å²) >= 11 is 7.38. The van der Waals surface area contributed by atoms with Crippen LogP contribution in [-0.4, -0.2) is 24.4 Å². The number of carbonyl (C=O) groups is 2. The quantitative estimate of drug-likeness (QED) is 0.575. The van der Waals surface area contributed by atoms with E-state index < -0.39 is 18.0 Å². The molecule has 0 spiro atoms. The lowest BCUT2D eigenvalue weighted by atomic mass is 10.0. The minimum Gasteiger partial charge on any atom is -0.467 e. The third kappa shape index (κ3) is 4.23. The molecule has 1 atom stereocenters. The lowest BCUT2D eigenvalue weighted by Crippen LogP contribution is -2.46. The molecule has 26 heavy (non-hydrogen) atoms. The second kappa shape index (κ2) is 8.33. The number of hydrogen-bond acceptors (Lipinski definition) is 5. The summed E-state index contributed by atoms with van der Waals surface area (Å²) in [4.78, 5) is 25.6. The number of hydrogen-bond donors (Lipinski definition) is 2. The monoisotopic (exact) mass is 392 g/mol. The van der Waals surface area contributed by atoms with E-state index in [1.54, 1.807) is 31.2 Å². The summed E-state index contributed by atoms with van der Waals surface area (Å²) in [5.74, 6) is 0.366. The first-order chi connectivity index (χ1) is 12.6. The average molecular weight is 393 g/mol. The van der Waals surface area contributed by atoms with Crippen molar-refractivity contribution in [2.75, 3.05) is 12.4 Å². The number of nitrogens with one attached hydrogen (secondary N) is 2. The Morgan fingerprint density at radius 1 is 1.31 bits per heavy atom. The van der Waals surface area contributed by atoms with Crippen molar-refractivity contribution in [3.8, 4) is 0 Å². The van der Waals surface area contributed by atoms with E-state index in [0.29, 0.717) is 27.8 Å². The van der Waals surface area contributed by atoms with E-state index in [-0.39, 0.29) is 6.61 Å². The van der Waals surface area contributed by atoms with Gasteiger partial charge in [-0.15, -0.1) is 11.8 Å². The van der Waals surface area contributed by atoms with Crippen molar-refractivity contribution in [3.05, 3.63) is 64.7 Å². The summed E-state index contributed by atoms with van der Waals surface area (Å²) in [5, 5.41) is 6.08. The Morgan fingerprint density at radius 2 is 2.08 bits per heavy atom. The van der Waals surface area contributed by atoms with Crippen LogP contribution in [-0.2, 0) is 9.53 Å². The highest BCUT2D eigenvalue weighted by Gasteiger charge is 2.35. The number of furan rings is 1. The summed E-state index contributed by atoms with van der Waals surface area (Å²) in [6, 6.07) is 9.65. The Kier molecular flexibility index (Phi) is 5.90. The minimum atomic E-state index is -0.696. The van der Waals surface area contributed by atoms with E-state index in [1.165, 1.54) is 18.0 Å². The molecule has 1 aromatic heterocycles. The second-order valence-electron chi connectivity index (χ2n) is 5.40. The maximum Gasteiger partial charge on any atom is 0.338 e. The van der Waals surface area contributed by atoms with Gasteiger partial charge in [0.2, 0.25) is 0 Å². The van der Waals surface area contributed by atoms with Crippen molar-refractivity contribution in [3.63, 3.8) is 0 Å². The van der Waals surface area contributed by atoms with Gasteiger partial charge in [-0.05, 0) is 43.3 Å². The Balaban J connectivity index is 1.91. The summed E-state index contributed by atoms with van der Waals surface area (Å²) in [5.41, 5.74) is 0.830. The predicted molar refractivity (Wildman–Crippen MR) is 99.0 cm³/mol. The van der Waals surface area contributed by atoms with E-state index in [1.807, 2.05) is 12.1 Å². The molecule has 2 N–H and O–H groups in total. The van der Waals surface area contributed by atoms with Crippen molar-refractivity contribution in [1.29, 1.82) is 0 Å². The molecule has 0 aliphatic carbocycles. The molecular formula is C18H17ClN2O4S. The standard InChI is InChI=1S/C18H17ClN2O4S/c1-2-24-17(22)15-13(10-26-12-7-5-11(19)6-8-12)20-18(23)21-16(15)14-4-3-9-25-14/h3-9,16H,2,10H2,1H3,(H2,20,21,23). The third-order valence-electron chi connectivity index (χ3n) is 3.67. The molecule has 2 aromatic rings. The highest BCUT2D eigenvalue weighted by molar-refractivity contribution is 7.99. The molecule has 0 radical (unpaired) electrons. The maximum absolute atomic E-state index is 12.5. The lowest BCUT2D eigenvalue weighted by Gasteiger charge is -2.27. The zero-order chi connectivity index (χ0) is 18.5. The van der Waals surface area contributed by atoms with Gasteiger partial charge in [-0.3, -0.25) is 0 Å². The number of carbonyl (C=O) groups excluding carboxylic acids is 2. The minimum absolute atomic E-state index is 0.235. The van der Waals surface area contributed by atoms with E-state index >= 15 is 0 Å². The van der Waals surface area contributed by atoms with Crippen LogP contribution in [0.2, 0.25) is 5.02 Å². The molecule has 0 saturated heterocycles. The largest absolute Gasteiger partial charge is 0.467 e. The molecule has 1 aromatic carbocycles. The maximum atomic E-state index is 12.5. The molecule has 3 rings (SSSR count). The average Bonchev–Trinajstić information content (AvgIpc) is 3.15. The van der Waals surface area contributed by atoms with Crippen molar-refractivity contribution >= 4 is 35.4 Å². The van der Waals surface area contributed by atoms with Gasteiger partial charge >= 0.3 is 12.0 Å². The van der Waals surface area contributed by atoms with Crippen molar-refractivity contribution < 1.29 is 18.7 Å². The number of thioether (sulfide) groups is 1. The van der Waals surface area contributed by atoms with Gasteiger partial charge in [0.25, 0.3) is 0 Å². The first-order valence-electron chi connectivity index (χ1n) is 7.98. The van der Waals surface area contributed by atoms with Crippen LogP contribution in [0.4, 0.5) is 4.79 Å². The zero-order valence-electron chi connectivity index (χ0n) is 14.0. The number of urea groups is 1. The molecule has 8 heteroatoms. The van der Waals surface area contributed by atoms with Crippen LogP contribution in [0.25, 0.3) is 0 Å². The van der Waals surface area contributed by atoms with Gasteiger partial charge in [0.15, 0.2) is 0 Å². The molecule has 0 saturated carbocycles. The summed E-state index contributed by atoms with van der Waals surface area (Å²) < 4.78 is 10.6. The molecule has 0 bridgehead atoms. The van der Waals surface area contributed by atoms with Gasteiger partial charge < -0.3 is 19.8 Å². The topological polar surface area (TPSA) is 80.6 Å². The lowest BCUT2D eigenvalue weighted by molar-refractivity contribution is -0.139. The van der Waals surface area contributed by atoms with Crippen LogP contribution in [0.5, 0.6) is 0 Å². The summed E-state index contributed by atoms with van der Waals surface area (Å²) in [6.07, 6.45) is 1.49. The normalized spacial score (nSPS) is 16.8. The predicted octanol–water partition coefficient (Wildman–Crippen LogP) is 3.90. The van der Waals surface area contributed by atoms with Crippen LogP contribution in [0, 0.1) is 0 Å². The van der Waals surface area contributed by atoms with Gasteiger partial charge in [-0.25, -0.2) is 9.59 Å². The van der Waals surface area contributed by atoms with Crippen LogP contribution in [0.15, 0.2) is 63.2 Å². The number of benzene rings is 1. The molecule has 136 valence electrons. The first kappa shape index (κ1) is 18.4. The Bertz CT molecular complexity index is 818. The summed E-state index contributed by atoms with van der Waals surface area (Å²) in [7, 11) is 0. The highest BCUT2D eigenvalue weighted by Crippen LogP contribution is 2.31. The SMILES string of the molecule is CCOC(=O)C1=C(CSc2ccc(Cl)cc2)NC(=O)NC1c1ccco1. The van der Waals surface area contributed by atoms with Gasteiger partial charge in [0.1, 0.15) is 11.8 Å². The highest BCUT2D eigenvalue weighted by atomic mass is 35.5. The van der Waals surface area contributed by atoms with Gasteiger partial charge in [0, 0.05) is 21.4 Å². The van der Waals surface area contributed by atoms with E-state index in [4.69, 9.17) is 20.8 Å². The number of ether oxygens (including phenoxy) is 1.